The average Bonchev–Trinajstić information content (AvgIpc) is 2.39. The van der Waals surface area contributed by atoms with Crippen LogP contribution in [-0.4, -0.2) is 5.97 Å². The zero-order valence-electron chi connectivity index (χ0n) is 13.3. The number of rotatable bonds is 6. The molecule has 0 radical (unpaired) electrons. The maximum atomic E-state index is 11.4. The van der Waals surface area contributed by atoms with Crippen molar-refractivity contribution in [3.05, 3.63) is 47.2 Å². The van der Waals surface area contributed by atoms with E-state index in [4.69, 9.17) is 4.74 Å². The summed E-state index contributed by atoms with van der Waals surface area (Å²) in [5, 5.41) is 0. The Morgan fingerprint density at radius 1 is 1.20 bits per heavy atom. The number of carbonyl (C=O) groups is 1. The van der Waals surface area contributed by atoms with Crippen molar-refractivity contribution in [2.24, 2.45) is 5.92 Å². The van der Waals surface area contributed by atoms with Gasteiger partial charge in [-0.3, -0.25) is 4.79 Å². The third kappa shape index (κ3) is 5.60. The zero-order valence-corrected chi connectivity index (χ0v) is 13.3. The Balaban J connectivity index is 2.43. The molecule has 2 nitrogen and oxygen atoms in total. The second-order valence-electron chi connectivity index (χ2n) is 5.78. The van der Waals surface area contributed by atoms with E-state index in [1.54, 1.807) is 0 Å². The molecule has 0 aliphatic carbocycles. The lowest BCUT2D eigenvalue weighted by molar-refractivity contribution is -0.142. The highest BCUT2D eigenvalue weighted by Crippen LogP contribution is 2.21. The minimum atomic E-state index is -0.162. The molecule has 20 heavy (non-hydrogen) atoms. The van der Waals surface area contributed by atoms with Gasteiger partial charge in [-0.15, -0.1) is 0 Å². The number of carbonyl (C=O) groups excluding carboxylic acids is 1. The summed E-state index contributed by atoms with van der Waals surface area (Å²) in [7, 11) is 0. The van der Waals surface area contributed by atoms with Crippen LogP contribution in [0.3, 0.4) is 0 Å². The van der Waals surface area contributed by atoms with Crippen molar-refractivity contribution >= 4 is 5.97 Å². The molecule has 0 N–H and O–H groups in total. The molecule has 0 saturated carbocycles. The molecule has 110 valence electrons. The third-order valence-electron chi connectivity index (χ3n) is 3.41. The molecule has 0 spiro atoms. The molecular weight excluding hydrogens is 248 g/mol. The number of aryl methyl sites for hydroxylation is 1. The SMILES string of the molecule is C/C(=C\CCC(C)c1ccc(C)cc1)OC(=O)C(C)C. The second-order valence-corrected chi connectivity index (χ2v) is 5.78. The van der Waals surface area contributed by atoms with E-state index in [9.17, 15) is 4.79 Å². The number of ether oxygens (including phenoxy) is 1. The fourth-order valence-corrected chi connectivity index (χ4v) is 1.92. The van der Waals surface area contributed by atoms with Crippen LogP contribution in [0.2, 0.25) is 0 Å². The Labute approximate surface area is 122 Å². The van der Waals surface area contributed by atoms with Gasteiger partial charge in [0.2, 0.25) is 0 Å². The fourth-order valence-electron chi connectivity index (χ4n) is 1.92. The maximum Gasteiger partial charge on any atom is 0.313 e. The number of benzene rings is 1. The molecule has 0 aliphatic heterocycles. The summed E-state index contributed by atoms with van der Waals surface area (Å²) < 4.78 is 5.24. The van der Waals surface area contributed by atoms with E-state index in [1.807, 2.05) is 26.8 Å². The van der Waals surface area contributed by atoms with Gasteiger partial charge in [0, 0.05) is 0 Å². The van der Waals surface area contributed by atoms with Gasteiger partial charge in [0.1, 0.15) is 5.76 Å². The average molecular weight is 274 g/mol. The van der Waals surface area contributed by atoms with Crippen LogP contribution < -0.4 is 0 Å². The monoisotopic (exact) mass is 274 g/mol. The van der Waals surface area contributed by atoms with E-state index in [1.165, 1.54) is 11.1 Å². The summed E-state index contributed by atoms with van der Waals surface area (Å²) in [6.45, 7) is 9.86. The lowest BCUT2D eigenvalue weighted by atomic mass is 9.95. The molecule has 1 rings (SSSR count). The Morgan fingerprint density at radius 3 is 2.35 bits per heavy atom. The van der Waals surface area contributed by atoms with E-state index >= 15 is 0 Å². The summed E-state index contributed by atoms with van der Waals surface area (Å²) in [6.07, 6.45) is 3.98. The molecular formula is C18H26O2. The number of allylic oxidation sites excluding steroid dienone is 2. The maximum absolute atomic E-state index is 11.4. The standard InChI is InChI=1S/C18H26O2/c1-13(2)18(19)20-16(5)8-6-7-15(4)17-11-9-14(3)10-12-17/h8-13,15H,6-7H2,1-5H3/b16-8+. The molecule has 0 saturated heterocycles. The summed E-state index contributed by atoms with van der Waals surface area (Å²) in [5.41, 5.74) is 2.65. The van der Waals surface area contributed by atoms with Gasteiger partial charge >= 0.3 is 5.97 Å². The van der Waals surface area contributed by atoms with Gasteiger partial charge < -0.3 is 4.74 Å². The van der Waals surface area contributed by atoms with Crippen molar-refractivity contribution in [1.29, 1.82) is 0 Å². The minimum absolute atomic E-state index is 0.0789. The normalized spacial score (nSPS) is 13.4. The number of esters is 1. The van der Waals surface area contributed by atoms with Gasteiger partial charge in [-0.2, -0.15) is 0 Å². The molecule has 2 heteroatoms. The Kier molecular flexibility index (Phi) is 6.50. The molecule has 0 amide bonds. The van der Waals surface area contributed by atoms with Gasteiger partial charge in [0.15, 0.2) is 0 Å². The highest BCUT2D eigenvalue weighted by Gasteiger charge is 2.09. The first-order valence-electron chi connectivity index (χ1n) is 7.35. The van der Waals surface area contributed by atoms with Crippen LogP contribution in [0, 0.1) is 12.8 Å². The van der Waals surface area contributed by atoms with Gasteiger partial charge in [-0.05, 0) is 44.2 Å². The zero-order chi connectivity index (χ0) is 15.1. The Hall–Kier alpha value is -1.57. The van der Waals surface area contributed by atoms with Crippen molar-refractivity contribution in [1.82, 2.24) is 0 Å². The summed E-state index contributed by atoms with van der Waals surface area (Å²) in [5.74, 6) is 0.982. The van der Waals surface area contributed by atoms with Crippen LogP contribution in [0.15, 0.2) is 36.1 Å². The van der Waals surface area contributed by atoms with Gasteiger partial charge in [0.25, 0.3) is 0 Å². The molecule has 1 unspecified atom stereocenters. The first-order valence-corrected chi connectivity index (χ1v) is 7.35. The highest BCUT2D eigenvalue weighted by molar-refractivity contribution is 5.72. The molecule has 0 aliphatic rings. The van der Waals surface area contributed by atoms with Crippen LogP contribution in [0.5, 0.6) is 0 Å². The Bertz CT molecular complexity index is 455. The van der Waals surface area contributed by atoms with Crippen LogP contribution in [0.25, 0.3) is 0 Å². The molecule has 0 bridgehead atoms. The summed E-state index contributed by atoms with van der Waals surface area (Å²) >= 11 is 0. The molecule has 0 aromatic heterocycles. The van der Waals surface area contributed by atoms with Crippen LogP contribution in [0.4, 0.5) is 0 Å². The molecule has 0 heterocycles. The molecule has 1 aromatic carbocycles. The van der Waals surface area contributed by atoms with Crippen molar-refractivity contribution in [3.63, 3.8) is 0 Å². The molecule has 0 fully saturated rings. The van der Waals surface area contributed by atoms with Crippen molar-refractivity contribution < 1.29 is 9.53 Å². The van der Waals surface area contributed by atoms with Gasteiger partial charge in [0.05, 0.1) is 5.92 Å². The minimum Gasteiger partial charge on any atom is -0.432 e. The third-order valence-corrected chi connectivity index (χ3v) is 3.41. The topological polar surface area (TPSA) is 26.3 Å². The van der Waals surface area contributed by atoms with Gasteiger partial charge in [-0.25, -0.2) is 0 Å². The van der Waals surface area contributed by atoms with E-state index in [0.717, 1.165) is 12.8 Å². The lowest BCUT2D eigenvalue weighted by Crippen LogP contribution is -2.10. The fraction of sp³-hybridized carbons (Fsp3) is 0.500. The van der Waals surface area contributed by atoms with E-state index in [0.29, 0.717) is 11.7 Å². The summed E-state index contributed by atoms with van der Waals surface area (Å²) in [6, 6.07) is 8.68. The smallest absolute Gasteiger partial charge is 0.313 e. The quantitative estimate of drug-likeness (QED) is 0.540. The lowest BCUT2D eigenvalue weighted by Gasteiger charge is -2.11. The predicted molar refractivity (Wildman–Crippen MR) is 83.5 cm³/mol. The van der Waals surface area contributed by atoms with Crippen molar-refractivity contribution in [2.75, 3.05) is 0 Å². The van der Waals surface area contributed by atoms with E-state index in [2.05, 4.69) is 38.1 Å². The van der Waals surface area contributed by atoms with E-state index in [-0.39, 0.29) is 11.9 Å². The first-order chi connectivity index (χ1) is 9.40. The van der Waals surface area contributed by atoms with Crippen molar-refractivity contribution in [2.45, 2.75) is 53.4 Å². The Morgan fingerprint density at radius 2 is 1.80 bits per heavy atom. The second kappa shape index (κ2) is 7.88. The van der Waals surface area contributed by atoms with E-state index < -0.39 is 0 Å². The van der Waals surface area contributed by atoms with Crippen LogP contribution >= 0.6 is 0 Å². The largest absolute Gasteiger partial charge is 0.432 e. The summed E-state index contributed by atoms with van der Waals surface area (Å²) in [4.78, 5) is 11.4. The van der Waals surface area contributed by atoms with Gasteiger partial charge in [-0.1, -0.05) is 50.6 Å². The van der Waals surface area contributed by atoms with Crippen molar-refractivity contribution in [3.8, 4) is 0 Å². The molecule has 1 atom stereocenters. The number of hydrogen-bond acceptors (Lipinski definition) is 2. The van der Waals surface area contributed by atoms with Crippen LogP contribution in [0.1, 0.15) is 57.6 Å². The first kappa shape index (κ1) is 16.5. The number of hydrogen-bond donors (Lipinski definition) is 0. The predicted octanol–water partition coefficient (Wildman–Crippen LogP) is 4.98. The highest BCUT2D eigenvalue weighted by atomic mass is 16.5. The molecule has 1 aromatic rings. The van der Waals surface area contributed by atoms with Crippen LogP contribution in [-0.2, 0) is 9.53 Å².